The molecule has 0 heterocycles. The molecule has 0 rings (SSSR count). The minimum absolute atomic E-state index is 0.0806. The molecule has 0 aliphatic carbocycles. The van der Waals surface area contributed by atoms with Gasteiger partial charge in [-0.1, -0.05) is 287 Å². The lowest BCUT2D eigenvalue weighted by Gasteiger charge is -2.15. The molecule has 0 aromatic carbocycles. The van der Waals surface area contributed by atoms with Crippen molar-refractivity contribution < 1.29 is 24.2 Å². The van der Waals surface area contributed by atoms with Crippen LogP contribution in [0, 0.1) is 0 Å². The van der Waals surface area contributed by atoms with Crippen molar-refractivity contribution in [3.63, 3.8) is 0 Å². The van der Waals surface area contributed by atoms with Gasteiger partial charge in [0.05, 0.1) is 6.61 Å². The standard InChI is InChI=1S/C60H110O5/c1-3-5-7-9-11-13-15-17-19-20-21-22-23-24-25-26-27-28-29-30-31-32-33-34-35-36-37-38-39-41-42-44-46-48-50-52-54-59(62)64-57-58(56-61)65-60(63)55-53-51-49-47-45-43-40-18-16-14-12-10-8-6-4-2/h6,8,12,14,18,40,45,47,58,61H,3-5,7,9-11,13,15-17,19-39,41-44,46,48-57H2,1-2H3/b8-6-,14-12-,40-18-,47-45-. The van der Waals surface area contributed by atoms with Crippen LogP contribution in [0.15, 0.2) is 48.6 Å². The minimum atomic E-state index is -0.793. The van der Waals surface area contributed by atoms with Crippen molar-refractivity contribution in [3.05, 3.63) is 48.6 Å². The Labute approximate surface area is 405 Å². The molecule has 0 spiro atoms. The van der Waals surface area contributed by atoms with E-state index in [4.69, 9.17) is 9.47 Å². The highest BCUT2D eigenvalue weighted by Gasteiger charge is 2.16. The Morgan fingerprint density at radius 2 is 0.662 bits per heavy atom. The van der Waals surface area contributed by atoms with Crippen LogP contribution in [0.25, 0.3) is 0 Å². The van der Waals surface area contributed by atoms with Gasteiger partial charge in [0.15, 0.2) is 6.10 Å². The van der Waals surface area contributed by atoms with Crippen molar-refractivity contribution >= 4 is 11.9 Å². The van der Waals surface area contributed by atoms with E-state index in [-0.39, 0.29) is 25.2 Å². The lowest BCUT2D eigenvalue weighted by atomic mass is 10.0. The first-order valence-electron chi connectivity index (χ1n) is 28.7. The second kappa shape index (κ2) is 56.2. The van der Waals surface area contributed by atoms with Crippen LogP contribution in [0.3, 0.4) is 0 Å². The van der Waals surface area contributed by atoms with Gasteiger partial charge in [0.25, 0.3) is 0 Å². The average molecular weight is 912 g/mol. The Hall–Kier alpha value is -2.14. The number of unbranched alkanes of at least 4 members (excludes halogenated alkanes) is 37. The molecule has 0 fully saturated rings. The van der Waals surface area contributed by atoms with Crippen molar-refractivity contribution in [2.24, 2.45) is 0 Å². The SMILES string of the molecule is CC/C=C\C/C=C\C/C=C\C/C=C\CCCCC(=O)OC(CO)COC(=O)CCCCCCCCCCCCCCCCCCCCCCCCCCCCCCCCCCCCCC. The fraction of sp³-hybridized carbons (Fsp3) is 0.833. The number of aliphatic hydroxyl groups excluding tert-OH is 1. The summed E-state index contributed by atoms with van der Waals surface area (Å²) < 4.78 is 10.6. The summed E-state index contributed by atoms with van der Waals surface area (Å²) in [7, 11) is 0. The molecule has 0 radical (unpaired) electrons. The smallest absolute Gasteiger partial charge is 0.306 e. The quantitative estimate of drug-likeness (QED) is 0.0374. The number of ether oxygens (including phenoxy) is 2. The van der Waals surface area contributed by atoms with Gasteiger partial charge in [-0.05, 0) is 51.4 Å². The molecule has 0 saturated heterocycles. The molecule has 0 saturated carbocycles. The molecule has 0 aromatic rings. The molecule has 0 aliphatic rings. The highest BCUT2D eigenvalue weighted by atomic mass is 16.6. The third kappa shape index (κ3) is 54.4. The first kappa shape index (κ1) is 62.9. The minimum Gasteiger partial charge on any atom is -0.462 e. The summed E-state index contributed by atoms with van der Waals surface area (Å²) in [4.78, 5) is 24.4. The number of hydrogen-bond donors (Lipinski definition) is 1. The molecule has 1 atom stereocenters. The third-order valence-electron chi connectivity index (χ3n) is 12.9. The molecular formula is C60H110O5. The van der Waals surface area contributed by atoms with Gasteiger partial charge in [0.2, 0.25) is 0 Å². The molecule has 0 aliphatic heterocycles. The lowest BCUT2D eigenvalue weighted by molar-refractivity contribution is -0.161. The predicted octanol–water partition coefficient (Wildman–Crippen LogP) is 19.3. The van der Waals surface area contributed by atoms with Crippen LogP contribution in [0.1, 0.15) is 303 Å². The van der Waals surface area contributed by atoms with Gasteiger partial charge < -0.3 is 14.6 Å². The van der Waals surface area contributed by atoms with E-state index >= 15 is 0 Å². The van der Waals surface area contributed by atoms with Gasteiger partial charge in [-0.2, -0.15) is 0 Å². The number of carbonyl (C=O) groups is 2. The Kier molecular flexibility index (Phi) is 54.3. The fourth-order valence-corrected chi connectivity index (χ4v) is 8.61. The van der Waals surface area contributed by atoms with E-state index < -0.39 is 6.10 Å². The van der Waals surface area contributed by atoms with E-state index in [1.165, 1.54) is 212 Å². The first-order valence-corrected chi connectivity index (χ1v) is 28.7. The van der Waals surface area contributed by atoms with Gasteiger partial charge in [0.1, 0.15) is 6.61 Å². The van der Waals surface area contributed by atoms with Gasteiger partial charge in [-0.25, -0.2) is 0 Å². The highest BCUT2D eigenvalue weighted by Crippen LogP contribution is 2.18. The van der Waals surface area contributed by atoms with E-state index in [9.17, 15) is 14.7 Å². The zero-order chi connectivity index (χ0) is 47.0. The normalized spacial score (nSPS) is 12.5. The monoisotopic (exact) mass is 911 g/mol. The summed E-state index contributed by atoms with van der Waals surface area (Å²) in [6.45, 7) is 4.02. The van der Waals surface area contributed by atoms with Crippen molar-refractivity contribution in [3.8, 4) is 0 Å². The molecule has 1 unspecified atom stereocenters. The molecule has 0 amide bonds. The third-order valence-corrected chi connectivity index (χ3v) is 12.9. The van der Waals surface area contributed by atoms with E-state index in [1.54, 1.807) is 0 Å². The average Bonchev–Trinajstić information content (AvgIpc) is 3.31. The second-order valence-corrected chi connectivity index (χ2v) is 19.3. The topological polar surface area (TPSA) is 72.8 Å². The Morgan fingerprint density at radius 3 is 1.00 bits per heavy atom. The van der Waals surface area contributed by atoms with Crippen LogP contribution in [-0.4, -0.2) is 36.4 Å². The molecular weight excluding hydrogens is 801 g/mol. The maximum absolute atomic E-state index is 12.2. The molecule has 1 N–H and O–H groups in total. The lowest BCUT2D eigenvalue weighted by Crippen LogP contribution is -2.28. The number of carbonyl (C=O) groups excluding carboxylic acids is 2. The molecule has 5 heteroatoms. The van der Waals surface area contributed by atoms with Gasteiger partial charge >= 0.3 is 11.9 Å². The van der Waals surface area contributed by atoms with Crippen molar-refractivity contribution in [2.75, 3.05) is 13.2 Å². The van der Waals surface area contributed by atoms with Crippen molar-refractivity contribution in [1.82, 2.24) is 0 Å². The number of aliphatic hydroxyl groups is 1. The summed E-state index contributed by atoms with van der Waals surface area (Å²) in [5, 5.41) is 9.61. The van der Waals surface area contributed by atoms with Gasteiger partial charge in [-0.3, -0.25) is 9.59 Å². The first-order chi connectivity index (χ1) is 32.1. The van der Waals surface area contributed by atoms with Crippen molar-refractivity contribution in [1.29, 1.82) is 0 Å². The number of hydrogen-bond acceptors (Lipinski definition) is 5. The van der Waals surface area contributed by atoms with Crippen LogP contribution >= 0.6 is 0 Å². The highest BCUT2D eigenvalue weighted by molar-refractivity contribution is 5.70. The van der Waals surface area contributed by atoms with Crippen LogP contribution in [-0.2, 0) is 19.1 Å². The summed E-state index contributed by atoms with van der Waals surface area (Å²) in [5.74, 6) is -0.629. The van der Waals surface area contributed by atoms with Gasteiger partial charge in [-0.15, -0.1) is 0 Å². The van der Waals surface area contributed by atoms with E-state index in [1.807, 2.05) is 0 Å². The van der Waals surface area contributed by atoms with E-state index in [2.05, 4.69) is 62.5 Å². The molecule has 380 valence electrons. The summed E-state index contributed by atoms with van der Waals surface area (Å²) in [5.41, 5.74) is 0. The van der Waals surface area contributed by atoms with Gasteiger partial charge in [0, 0.05) is 12.8 Å². The summed E-state index contributed by atoms with van der Waals surface area (Å²) >= 11 is 0. The fourth-order valence-electron chi connectivity index (χ4n) is 8.61. The van der Waals surface area contributed by atoms with E-state index in [0.717, 1.165) is 64.2 Å². The number of allylic oxidation sites excluding steroid dienone is 8. The summed E-state index contributed by atoms with van der Waals surface area (Å²) in [6.07, 6.45) is 74.1. The zero-order valence-electron chi connectivity index (χ0n) is 43.5. The Morgan fingerprint density at radius 1 is 0.369 bits per heavy atom. The van der Waals surface area contributed by atoms with Crippen molar-refractivity contribution in [2.45, 2.75) is 309 Å². The van der Waals surface area contributed by atoms with Crippen LogP contribution in [0.5, 0.6) is 0 Å². The van der Waals surface area contributed by atoms with Crippen LogP contribution in [0.2, 0.25) is 0 Å². The Balaban J connectivity index is 3.39. The largest absolute Gasteiger partial charge is 0.462 e. The predicted molar refractivity (Wildman–Crippen MR) is 284 cm³/mol. The Bertz CT molecular complexity index is 1080. The molecule has 0 bridgehead atoms. The molecule has 5 nitrogen and oxygen atoms in total. The number of rotatable bonds is 53. The molecule has 0 aromatic heterocycles. The zero-order valence-corrected chi connectivity index (χ0v) is 43.5. The maximum Gasteiger partial charge on any atom is 0.306 e. The van der Waals surface area contributed by atoms with Crippen LogP contribution < -0.4 is 0 Å². The maximum atomic E-state index is 12.2. The second-order valence-electron chi connectivity index (χ2n) is 19.3. The molecule has 65 heavy (non-hydrogen) atoms. The summed E-state index contributed by atoms with van der Waals surface area (Å²) in [6, 6.07) is 0. The van der Waals surface area contributed by atoms with Crippen LogP contribution in [0.4, 0.5) is 0 Å². The van der Waals surface area contributed by atoms with E-state index in [0.29, 0.717) is 12.8 Å². The number of esters is 2.